The minimum absolute atomic E-state index is 0.144. The zero-order valence-electron chi connectivity index (χ0n) is 12.0. The Kier molecular flexibility index (Phi) is 4.90. The van der Waals surface area contributed by atoms with E-state index < -0.39 is 0 Å². The molecule has 1 N–H and O–H groups in total. The quantitative estimate of drug-likeness (QED) is 0.654. The average molecular weight is 287 g/mol. The highest BCUT2D eigenvalue weighted by Crippen LogP contribution is 2.25. The highest BCUT2D eigenvalue weighted by atomic mass is 16.5. The number of aryl methyl sites for hydroxylation is 1. The number of rotatable bonds is 6. The molecule has 0 saturated heterocycles. The van der Waals surface area contributed by atoms with Gasteiger partial charge in [-0.1, -0.05) is 6.07 Å². The van der Waals surface area contributed by atoms with Crippen molar-refractivity contribution in [3.8, 4) is 11.3 Å². The Balaban J connectivity index is 2.17. The number of nitrogens with one attached hydrogen (secondary N) is 1. The van der Waals surface area contributed by atoms with Crippen molar-refractivity contribution in [1.29, 1.82) is 0 Å². The van der Waals surface area contributed by atoms with Gasteiger partial charge in [-0.15, -0.1) is 0 Å². The molecular weight excluding hydrogens is 270 g/mol. The molecule has 0 aliphatic heterocycles. The smallest absolute Gasteiger partial charge is 0.251 e. The lowest BCUT2D eigenvalue weighted by molar-refractivity contribution is 0.0936. The van der Waals surface area contributed by atoms with Crippen LogP contribution in [0.4, 0.5) is 0 Å². The molecule has 0 aliphatic carbocycles. The van der Waals surface area contributed by atoms with E-state index in [4.69, 9.17) is 9.15 Å². The third-order valence-electron chi connectivity index (χ3n) is 3.09. The van der Waals surface area contributed by atoms with Gasteiger partial charge in [0.25, 0.3) is 5.91 Å². The fourth-order valence-corrected chi connectivity index (χ4v) is 2.01. The van der Waals surface area contributed by atoms with Gasteiger partial charge in [0.05, 0.1) is 6.61 Å². The summed E-state index contributed by atoms with van der Waals surface area (Å²) in [6.45, 7) is 2.84. The molecular formula is C16H17NO4. The molecule has 2 aromatic rings. The first-order chi connectivity index (χ1) is 10.2. The van der Waals surface area contributed by atoms with Gasteiger partial charge in [0.2, 0.25) is 0 Å². The Hall–Kier alpha value is -2.40. The topological polar surface area (TPSA) is 68.5 Å². The molecule has 0 atom stereocenters. The minimum Gasteiger partial charge on any atom is -0.453 e. The molecule has 0 spiro atoms. The van der Waals surface area contributed by atoms with E-state index in [0.29, 0.717) is 30.8 Å². The van der Waals surface area contributed by atoms with Crippen molar-refractivity contribution in [2.45, 2.75) is 6.92 Å². The van der Waals surface area contributed by atoms with E-state index in [1.165, 1.54) is 0 Å². The molecule has 0 aliphatic rings. The second-order valence-corrected chi connectivity index (χ2v) is 4.60. The van der Waals surface area contributed by atoms with Crippen LogP contribution in [0.5, 0.6) is 0 Å². The van der Waals surface area contributed by atoms with Crippen LogP contribution in [0.2, 0.25) is 0 Å². The van der Waals surface area contributed by atoms with Crippen LogP contribution in [0.3, 0.4) is 0 Å². The van der Waals surface area contributed by atoms with Gasteiger partial charge in [-0.05, 0) is 36.8 Å². The third-order valence-corrected chi connectivity index (χ3v) is 3.09. The van der Waals surface area contributed by atoms with Crippen molar-refractivity contribution >= 4 is 12.2 Å². The lowest BCUT2D eigenvalue weighted by atomic mass is 10.0. The molecule has 0 bridgehead atoms. The minimum atomic E-state index is -0.144. The largest absolute Gasteiger partial charge is 0.453 e. The first kappa shape index (κ1) is 15.0. The van der Waals surface area contributed by atoms with Crippen molar-refractivity contribution in [3.63, 3.8) is 0 Å². The Morgan fingerprint density at radius 1 is 1.33 bits per heavy atom. The van der Waals surface area contributed by atoms with Crippen LogP contribution in [-0.2, 0) is 4.74 Å². The molecule has 1 aromatic heterocycles. The van der Waals surface area contributed by atoms with E-state index in [2.05, 4.69) is 5.32 Å². The molecule has 0 saturated carbocycles. The summed E-state index contributed by atoms with van der Waals surface area (Å²) < 4.78 is 10.3. The van der Waals surface area contributed by atoms with Crippen molar-refractivity contribution in [1.82, 2.24) is 5.32 Å². The number of hydrogen-bond donors (Lipinski definition) is 1. The SMILES string of the molecule is COCCNC(=O)c1ccc(-c2ccc(C=O)o2)c(C)c1. The predicted molar refractivity (Wildman–Crippen MR) is 78.5 cm³/mol. The number of ether oxygens (including phenoxy) is 1. The molecule has 0 fully saturated rings. The molecule has 110 valence electrons. The summed E-state index contributed by atoms with van der Waals surface area (Å²) in [7, 11) is 1.59. The van der Waals surface area contributed by atoms with Gasteiger partial charge in [0, 0.05) is 24.8 Å². The van der Waals surface area contributed by atoms with E-state index in [-0.39, 0.29) is 11.7 Å². The summed E-state index contributed by atoms with van der Waals surface area (Å²) in [5, 5.41) is 2.77. The highest BCUT2D eigenvalue weighted by Gasteiger charge is 2.11. The van der Waals surface area contributed by atoms with Gasteiger partial charge in [-0.25, -0.2) is 0 Å². The van der Waals surface area contributed by atoms with Gasteiger partial charge >= 0.3 is 0 Å². The first-order valence-electron chi connectivity index (χ1n) is 6.59. The summed E-state index contributed by atoms with van der Waals surface area (Å²) in [4.78, 5) is 22.6. The average Bonchev–Trinajstić information content (AvgIpc) is 2.96. The van der Waals surface area contributed by atoms with E-state index in [0.717, 1.165) is 11.1 Å². The standard InChI is InChI=1S/C16H17NO4/c1-11-9-12(16(19)17-7-8-20-2)3-5-14(11)15-6-4-13(10-18)21-15/h3-6,9-10H,7-8H2,1-2H3,(H,17,19). The summed E-state index contributed by atoms with van der Waals surface area (Å²) in [5.41, 5.74) is 2.34. The summed E-state index contributed by atoms with van der Waals surface area (Å²) in [6, 6.07) is 8.69. The van der Waals surface area contributed by atoms with Gasteiger partial charge in [0.15, 0.2) is 12.0 Å². The second kappa shape index (κ2) is 6.85. The molecule has 1 heterocycles. The number of carbonyl (C=O) groups excluding carboxylic acids is 2. The monoisotopic (exact) mass is 287 g/mol. The van der Waals surface area contributed by atoms with Gasteiger partial charge in [-0.2, -0.15) is 0 Å². The Morgan fingerprint density at radius 3 is 2.76 bits per heavy atom. The molecule has 5 nitrogen and oxygen atoms in total. The van der Waals surface area contributed by atoms with Crippen molar-refractivity contribution in [2.75, 3.05) is 20.3 Å². The maximum Gasteiger partial charge on any atom is 0.251 e. The fraction of sp³-hybridized carbons (Fsp3) is 0.250. The van der Waals surface area contributed by atoms with E-state index in [9.17, 15) is 9.59 Å². The number of benzene rings is 1. The van der Waals surface area contributed by atoms with E-state index >= 15 is 0 Å². The van der Waals surface area contributed by atoms with E-state index in [1.807, 2.05) is 13.0 Å². The van der Waals surface area contributed by atoms with Crippen LogP contribution >= 0.6 is 0 Å². The molecule has 21 heavy (non-hydrogen) atoms. The van der Waals surface area contributed by atoms with Gasteiger partial charge in [0.1, 0.15) is 5.76 Å². The number of methoxy groups -OCH3 is 1. The van der Waals surface area contributed by atoms with Crippen LogP contribution < -0.4 is 5.32 Å². The zero-order valence-corrected chi connectivity index (χ0v) is 12.0. The first-order valence-corrected chi connectivity index (χ1v) is 6.59. The van der Waals surface area contributed by atoms with Crippen molar-refractivity contribution < 1.29 is 18.7 Å². The van der Waals surface area contributed by atoms with Crippen molar-refractivity contribution in [2.24, 2.45) is 0 Å². The summed E-state index contributed by atoms with van der Waals surface area (Å²) >= 11 is 0. The number of carbonyl (C=O) groups is 2. The zero-order chi connectivity index (χ0) is 15.2. The van der Waals surface area contributed by atoms with Crippen LogP contribution in [-0.4, -0.2) is 32.5 Å². The van der Waals surface area contributed by atoms with Crippen LogP contribution in [0.15, 0.2) is 34.7 Å². The molecule has 1 aromatic carbocycles. The predicted octanol–water partition coefficient (Wildman–Crippen LogP) is 2.44. The van der Waals surface area contributed by atoms with E-state index in [1.54, 1.807) is 31.4 Å². The lowest BCUT2D eigenvalue weighted by Crippen LogP contribution is -2.26. The second-order valence-electron chi connectivity index (χ2n) is 4.60. The maximum absolute atomic E-state index is 11.9. The molecule has 1 amide bonds. The fourth-order valence-electron chi connectivity index (χ4n) is 2.01. The normalized spacial score (nSPS) is 10.4. The van der Waals surface area contributed by atoms with Crippen molar-refractivity contribution in [3.05, 3.63) is 47.2 Å². The number of hydrogen-bond acceptors (Lipinski definition) is 4. The maximum atomic E-state index is 11.9. The van der Waals surface area contributed by atoms with Gasteiger partial charge < -0.3 is 14.5 Å². The number of aldehydes is 1. The molecule has 0 radical (unpaired) electrons. The van der Waals surface area contributed by atoms with Crippen LogP contribution in [0.25, 0.3) is 11.3 Å². The van der Waals surface area contributed by atoms with Crippen LogP contribution in [0.1, 0.15) is 26.5 Å². The molecule has 0 unspecified atom stereocenters. The Bertz CT molecular complexity index is 645. The van der Waals surface area contributed by atoms with Crippen LogP contribution in [0, 0.1) is 6.92 Å². The summed E-state index contributed by atoms with van der Waals surface area (Å²) in [5.74, 6) is 0.751. The lowest BCUT2D eigenvalue weighted by Gasteiger charge is -2.08. The highest BCUT2D eigenvalue weighted by molar-refractivity contribution is 5.95. The Labute approximate surface area is 122 Å². The third kappa shape index (κ3) is 3.58. The summed E-state index contributed by atoms with van der Waals surface area (Å²) in [6.07, 6.45) is 0.663. The number of furan rings is 1. The molecule has 2 rings (SSSR count). The Morgan fingerprint density at radius 2 is 2.14 bits per heavy atom. The molecule has 5 heteroatoms. The number of amides is 1. The van der Waals surface area contributed by atoms with Gasteiger partial charge in [-0.3, -0.25) is 9.59 Å².